The molecule has 0 radical (unpaired) electrons. The Morgan fingerprint density at radius 2 is 2.11 bits per heavy atom. The number of anilines is 2. The van der Waals surface area contributed by atoms with Gasteiger partial charge >= 0.3 is 0 Å². The molecule has 0 saturated heterocycles. The molecule has 0 unspecified atom stereocenters. The molecular weight excluding hydrogens is 374 g/mol. The van der Waals surface area contributed by atoms with Crippen molar-refractivity contribution < 1.29 is 14.0 Å². The van der Waals surface area contributed by atoms with Crippen LogP contribution in [0.1, 0.15) is 56.1 Å². The molecule has 0 bridgehead atoms. The van der Waals surface area contributed by atoms with Gasteiger partial charge in [0.1, 0.15) is 11.1 Å². The first-order chi connectivity index (χ1) is 13.4. The van der Waals surface area contributed by atoms with Gasteiger partial charge in [0.2, 0.25) is 0 Å². The smallest absolute Gasteiger partial charge is 0.267 e. The van der Waals surface area contributed by atoms with Crippen molar-refractivity contribution >= 4 is 34.5 Å². The standard InChI is InChI=1S/C21H21N3O3S/c1-12(2)20-22-13(3)18(28-20)19(25)23-16-4-5-17-14(10-16)6-8-24(17)21(26)15-7-9-27-11-15/h4-5,7,9-12H,6,8H2,1-3H3,(H,23,25). The fourth-order valence-electron chi connectivity index (χ4n) is 3.30. The van der Waals surface area contributed by atoms with E-state index in [-0.39, 0.29) is 11.8 Å². The molecule has 7 heteroatoms. The summed E-state index contributed by atoms with van der Waals surface area (Å²) in [5.74, 6) is 0.0703. The topological polar surface area (TPSA) is 75.4 Å². The number of hydrogen-bond donors (Lipinski definition) is 1. The lowest BCUT2D eigenvalue weighted by Gasteiger charge is -2.16. The normalized spacial score (nSPS) is 13.1. The highest BCUT2D eigenvalue weighted by atomic mass is 32.1. The molecule has 0 fully saturated rings. The molecule has 2 amide bonds. The number of carbonyl (C=O) groups is 2. The number of carbonyl (C=O) groups excluding carboxylic acids is 2. The van der Waals surface area contributed by atoms with Crippen LogP contribution < -0.4 is 10.2 Å². The van der Waals surface area contributed by atoms with E-state index >= 15 is 0 Å². The van der Waals surface area contributed by atoms with Crippen molar-refractivity contribution in [1.29, 1.82) is 0 Å². The molecule has 0 atom stereocenters. The van der Waals surface area contributed by atoms with Gasteiger partial charge in [-0.25, -0.2) is 4.98 Å². The molecule has 1 aliphatic rings. The number of benzene rings is 1. The lowest BCUT2D eigenvalue weighted by Crippen LogP contribution is -2.28. The zero-order valence-corrected chi connectivity index (χ0v) is 16.8. The van der Waals surface area contributed by atoms with Crippen LogP contribution in [0.25, 0.3) is 0 Å². The molecule has 0 spiro atoms. The van der Waals surface area contributed by atoms with Gasteiger partial charge in [0.25, 0.3) is 11.8 Å². The van der Waals surface area contributed by atoms with E-state index in [0.29, 0.717) is 22.9 Å². The summed E-state index contributed by atoms with van der Waals surface area (Å²) in [6, 6.07) is 7.32. The molecule has 0 saturated carbocycles. The average molecular weight is 395 g/mol. The Kier molecular flexibility index (Phi) is 4.77. The first kappa shape index (κ1) is 18.4. The van der Waals surface area contributed by atoms with Crippen LogP contribution >= 0.6 is 11.3 Å². The monoisotopic (exact) mass is 395 g/mol. The van der Waals surface area contributed by atoms with Crippen molar-refractivity contribution in [2.24, 2.45) is 0 Å². The lowest BCUT2D eigenvalue weighted by molar-refractivity contribution is 0.0987. The van der Waals surface area contributed by atoms with Gasteiger partial charge in [0, 0.05) is 23.8 Å². The van der Waals surface area contributed by atoms with Crippen LogP contribution in [0.2, 0.25) is 0 Å². The summed E-state index contributed by atoms with van der Waals surface area (Å²) in [5, 5.41) is 3.93. The van der Waals surface area contributed by atoms with Gasteiger partial charge in [-0.1, -0.05) is 13.8 Å². The van der Waals surface area contributed by atoms with Crippen molar-refractivity contribution in [3.8, 4) is 0 Å². The molecule has 2 aromatic heterocycles. The first-order valence-electron chi connectivity index (χ1n) is 9.19. The van der Waals surface area contributed by atoms with Crippen LogP contribution in [0, 0.1) is 6.92 Å². The number of aryl methyl sites for hydroxylation is 1. The van der Waals surface area contributed by atoms with E-state index in [1.807, 2.05) is 25.1 Å². The van der Waals surface area contributed by atoms with Crippen LogP contribution in [0.3, 0.4) is 0 Å². The van der Waals surface area contributed by atoms with E-state index in [1.165, 1.54) is 23.9 Å². The van der Waals surface area contributed by atoms with Gasteiger partial charge < -0.3 is 14.6 Å². The minimum absolute atomic E-state index is 0.0780. The van der Waals surface area contributed by atoms with Crippen LogP contribution in [0.5, 0.6) is 0 Å². The molecule has 1 aliphatic heterocycles. The number of furan rings is 1. The van der Waals surface area contributed by atoms with Crippen molar-refractivity contribution in [2.45, 2.75) is 33.1 Å². The van der Waals surface area contributed by atoms with E-state index in [2.05, 4.69) is 24.1 Å². The van der Waals surface area contributed by atoms with Crippen LogP contribution in [0.4, 0.5) is 11.4 Å². The SMILES string of the molecule is Cc1nc(C(C)C)sc1C(=O)Nc1ccc2c(c1)CCN2C(=O)c1ccoc1. The van der Waals surface area contributed by atoms with Crippen molar-refractivity contribution in [1.82, 2.24) is 4.98 Å². The molecule has 3 aromatic rings. The van der Waals surface area contributed by atoms with Crippen molar-refractivity contribution in [3.05, 3.63) is 63.5 Å². The van der Waals surface area contributed by atoms with Crippen molar-refractivity contribution in [3.63, 3.8) is 0 Å². The number of aromatic nitrogens is 1. The van der Waals surface area contributed by atoms with Gasteiger partial charge in [0.05, 0.1) is 22.5 Å². The van der Waals surface area contributed by atoms with Gasteiger partial charge in [-0.15, -0.1) is 11.3 Å². The number of nitrogens with zero attached hydrogens (tertiary/aromatic N) is 2. The predicted octanol–water partition coefficient (Wildman–Crippen LogP) is 4.62. The largest absolute Gasteiger partial charge is 0.472 e. The Bertz CT molecular complexity index is 1040. The summed E-state index contributed by atoms with van der Waals surface area (Å²) in [7, 11) is 0. The quantitative estimate of drug-likeness (QED) is 0.699. The number of hydrogen-bond acceptors (Lipinski definition) is 5. The number of thiazole rings is 1. The Balaban J connectivity index is 1.52. The fraction of sp³-hybridized carbons (Fsp3) is 0.286. The maximum absolute atomic E-state index is 12.7. The van der Waals surface area contributed by atoms with Crippen molar-refractivity contribution in [2.75, 3.05) is 16.8 Å². The maximum atomic E-state index is 12.7. The molecule has 0 aliphatic carbocycles. The second kappa shape index (κ2) is 7.24. The van der Waals surface area contributed by atoms with Gasteiger partial charge in [0.15, 0.2) is 0 Å². The second-order valence-corrected chi connectivity index (χ2v) is 8.17. The molecule has 1 aromatic carbocycles. The minimum Gasteiger partial charge on any atom is -0.472 e. The Labute approximate surface area is 167 Å². The number of rotatable bonds is 4. The molecule has 4 rings (SSSR count). The first-order valence-corrected chi connectivity index (χ1v) is 10.0. The van der Waals surface area contributed by atoms with Crippen LogP contribution in [-0.2, 0) is 6.42 Å². The summed E-state index contributed by atoms with van der Waals surface area (Å²) in [6.45, 7) is 6.61. The maximum Gasteiger partial charge on any atom is 0.267 e. The van der Waals surface area contributed by atoms with Gasteiger partial charge in [-0.3, -0.25) is 9.59 Å². The molecular formula is C21H21N3O3S. The molecule has 3 heterocycles. The zero-order valence-electron chi connectivity index (χ0n) is 16.0. The van der Waals surface area contributed by atoms with E-state index in [9.17, 15) is 9.59 Å². The predicted molar refractivity (Wildman–Crippen MR) is 109 cm³/mol. The van der Waals surface area contributed by atoms with Crippen LogP contribution in [-0.4, -0.2) is 23.3 Å². The van der Waals surface area contributed by atoms with E-state index in [4.69, 9.17) is 4.42 Å². The fourth-order valence-corrected chi connectivity index (χ4v) is 4.26. The van der Waals surface area contributed by atoms with Crippen LogP contribution in [0.15, 0.2) is 41.2 Å². The third-order valence-corrected chi connectivity index (χ3v) is 6.22. The summed E-state index contributed by atoms with van der Waals surface area (Å²) >= 11 is 1.44. The zero-order chi connectivity index (χ0) is 19.8. The molecule has 28 heavy (non-hydrogen) atoms. The Hall–Kier alpha value is -2.93. The minimum atomic E-state index is -0.147. The lowest BCUT2D eigenvalue weighted by atomic mass is 10.1. The highest BCUT2D eigenvalue weighted by molar-refractivity contribution is 7.14. The molecule has 1 N–H and O–H groups in total. The average Bonchev–Trinajstić information content (AvgIpc) is 3.40. The number of amides is 2. The Morgan fingerprint density at radius 1 is 1.29 bits per heavy atom. The summed E-state index contributed by atoms with van der Waals surface area (Å²) in [6.07, 6.45) is 3.70. The van der Waals surface area contributed by atoms with Gasteiger partial charge in [-0.05, 0) is 43.2 Å². The number of fused-ring (bicyclic) bond motifs is 1. The second-order valence-electron chi connectivity index (χ2n) is 7.14. The highest BCUT2D eigenvalue weighted by Crippen LogP contribution is 2.32. The van der Waals surface area contributed by atoms with E-state index in [1.54, 1.807) is 11.0 Å². The molecule has 6 nitrogen and oxygen atoms in total. The molecule has 144 valence electrons. The third kappa shape index (κ3) is 3.33. The van der Waals surface area contributed by atoms with E-state index in [0.717, 1.165) is 34.1 Å². The Morgan fingerprint density at radius 3 is 2.79 bits per heavy atom. The van der Waals surface area contributed by atoms with E-state index < -0.39 is 0 Å². The number of nitrogens with one attached hydrogen (secondary N) is 1. The summed E-state index contributed by atoms with van der Waals surface area (Å²) < 4.78 is 5.01. The highest BCUT2D eigenvalue weighted by Gasteiger charge is 2.26. The third-order valence-electron chi connectivity index (χ3n) is 4.76. The van der Waals surface area contributed by atoms with Gasteiger partial charge in [-0.2, -0.15) is 0 Å². The summed E-state index contributed by atoms with van der Waals surface area (Å²) in [5.41, 5.74) is 3.93. The summed E-state index contributed by atoms with van der Waals surface area (Å²) in [4.78, 5) is 32.2.